The third-order valence-corrected chi connectivity index (χ3v) is 2.42. The van der Waals surface area contributed by atoms with Gasteiger partial charge in [-0.05, 0) is 6.92 Å². The molecule has 90 valence electrons. The van der Waals surface area contributed by atoms with Crippen molar-refractivity contribution in [1.82, 2.24) is 4.98 Å². The van der Waals surface area contributed by atoms with Gasteiger partial charge in [0.2, 0.25) is 0 Å². The normalized spacial score (nSPS) is 12.5. The molecule has 0 fully saturated rings. The molecule has 0 spiro atoms. The minimum atomic E-state index is -5.74. The van der Waals surface area contributed by atoms with Crippen LogP contribution in [0.1, 0.15) is 5.69 Å². The maximum absolute atomic E-state index is 11.9. The zero-order valence-corrected chi connectivity index (χ0v) is 8.65. The van der Waals surface area contributed by atoms with Gasteiger partial charge in [-0.25, -0.2) is 0 Å². The summed E-state index contributed by atoms with van der Waals surface area (Å²) in [5.41, 5.74) is -6.10. The van der Waals surface area contributed by atoms with E-state index in [9.17, 15) is 26.4 Å². The summed E-state index contributed by atoms with van der Waals surface area (Å²) in [6.45, 7) is 1.37. The number of aromatic amines is 1. The van der Waals surface area contributed by atoms with E-state index in [0.29, 0.717) is 6.07 Å². The number of halogens is 3. The van der Waals surface area contributed by atoms with Crippen LogP contribution < -0.4 is 9.74 Å². The molecule has 1 aromatic rings. The van der Waals surface area contributed by atoms with Crippen LogP contribution in [0.3, 0.4) is 0 Å². The number of pyridine rings is 1. The van der Waals surface area contributed by atoms with Crippen LogP contribution in [0.25, 0.3) is 0 Å². The maximum Gasteiger partial charge on any atom is 0.534 e. The number of hydrogen-bond acceptors (Lipinski definition) is 4. The van der Waals surface area contributed by atoms with Gasteiger partial charge >= 0.3 is 15.6 Å². The molecule has 0 aliphatic heterocycles. The van der Waals surface area contributed by atoms with Crippen LogP contribution in [-0.2, 0) is 10.1 Å². The first-order valence-electron chi connectivity index (χ1n) is 3.83. The van der Waals surface area contributed by atoms with Gasteiger partial charge in [0.15, 0.2) is 0 Å². The second-order valence-electron chi connectivity index (χ2n) is 2.85. The third kappa shape index (κ3) is 2.75. The molecule has 1 rings (SSSR count). The summed E-state index contributed by atoms with van der Waals surface area (Å²) in [4.78, 5) is 13.1. The van der Waals surface area contributed by atoms with Gasteiger partial charge in [-0.3, -0.25) is 4.79 Å². The van der Waals surface area contributed by atoms with Crippen LogP contribution >= 0.6 is 0 Å². The van der Waals surface area contributed by atoms with Crippen molar-refractivity contribution in [2.75, 3.05) is 0 Å². The molecule has 0 atom stereocenters. The first-order chi connectivity index (χ1) is 7.12. The molecule has 0 saturated carbocycles. The van der Waals surface area contributed by atoms with E-state index in [4.69, 9.17) is 0 Å². The Morgan fingerprint density at radius 1 is 1.31 bits per heavy atom. The summed E-state index contributed by atoms with van der Waals surface area (Å²) in [5, 5.41) is 0. The summed E-state index contributed by atoms with van der Waals surface area (Å²) >= 11 is 0. The van der Waals surface area contributed by atoms with E-state index >= 15 is 0 Å². The molecule has 0 radical (unpaired) electrons. The second kappa shape index (κ2) is 3.81. The van der Waals surface area contributed by atoms with Crippen LogP contribution in [0.5, 0.6) is 5.75 Å². The van der Waals surface area contributed by atoms with Gasteiger partial charge < -0.3 is 9.17 Å². The maximum atomic E-state index is 11.9. The van der Waals surface area contributed by atoms with Crippen molar-refractivity contribution in [3.05, 3.63) is 28.2 Å². The Labute approximate surface area is 88.0 Å². The number of rotatable bonds is 2. The average molecular weight is 257 g/mol. The number of aromatic nitrogens is 1. The fraction of sp³-hybridized carbons (Fsp3) is 0.286. The fourth-order valence-corrected chi connectivity index (χ4v) is 1.32. The SMILES string of the molecule is Cc1cc(OS(=O)(=O)C(F)(F)F)cc(=O)[nH]1. The average Bonchev–Trinajstić information content (AvgIpc) is 1.97. The van der Waals surface area contributed by atoms with Gasteiger partial charge in [0.05, 0.1) is 0 Å². The summed E-state index contributed by atoms with van der Waals surface area (Å²) in [7, 11) is -5.74. The number of hydrogen-bond donors (Lipinski definition) is 1. The lowest BCUT2D eigenvalue weighted by atomic mass is 10.4. The molecule has 5 nitrogen and oxygen atoms in total. The molecule has 0 saturated heterocycles. The number of alkyl halides is 3. The number of aryl methyl sites for hydroxylation is 1. The predicted molar refractivity (Wildman–Crippen MR) is 47.4 cm³/mol. The van der Waals surface area contributed by atoms with Crippen molar-refractivity contribution < 1.29 is 25.8 Å². The smallest absolute Gasteiger partial charge is 0.376 e. The Balaban J connectivity index is 3.12. The monoisotopic (exact) mass is 257 g/mol. The van der Waals surface area contributed by atoms with Crippen LogP contribution in [0, 0.1) is 6.92 Å². The number of H-pyrrole nitrogens is 1. The molecular formula is C7H6F3NO4S. The summed E-state index contributed by atoms with van der Waals surface area (Å²) in [5.74, 6) is -0.682. The molecule has 9 heteroatoms. The Morgan fingerprint density at radius 2 is 1.88 bits per heavy atom. The lowest BCUT2D eigenvalue weighted by Crippen LogP contribution is -2.28. The molecular weight excluding hydrogens is 251 g/mol. The lowest BCUT2D eigenvalue weighted by molar-refractivity contribution is -0.0500. The predicted octanol–water partition coefficient (Wildman–Crippen LogP) is 0.912. The van der Waals surface area contributed by atoms with E-state index in [2.05, 4.69) is 9.17 Å². The Hall–Kier alpha value is -1.51. The summed E-state index contributed by atoms with van der Waals surface area (Å²) < 4.78 is 60.7. The zero-order valence-electron chi connectivity index (χ0n) is 7.83. The van der Waals surface area contributed by atoms with Crippen LogP contribution in [0.2, 0.25) is 0 Å². The van der Waals surface area contributed by atoms with Gasteiger partial charge in [0.25, 0.3) is 5.56 Å². The van der Waals surface area contributed by atoms with Crippen LogP contribution in [0.15, 0.2) is 16.9 Å². The standard InChI is InChI=1S/C7H6F3NO4S/c1-4-2-5(3-6(12)11-4)15-16(13,14)7(8,9)10/h2-3H,1H3,(H,11,12). The molecule has 0 aliphatic rings. The lowest BCUT2D eigenvalue weighted by Gasteiger charge is -2.09. The van der Waals surface area contributed by atoms with Gasteiger partial charge in [-0.15, -0.1) is 0 Å². The largest absolute Gasteiger partial charge is 0.534 e. The van der Waals surface area contributed by atoms with E-state index < -0.39 is 26.9 Å². The Kier molecular flexibility index (Phi) is 2.99. The Morgan fingerprint density at radius 3 is 2.31 bits per heavy atom. The molecule has 16 heavy (non-hydrogen) atoms. The number of nitrogens with one attached hydrogen (secondary N) is 1. The highest BCUT2D eigenvalue weighted by molar-refractivity contribution is 7.87. The topological polar surface area (TPSA) is 76.2 Å². The first kappa shape index (κ1) is 12.6. The van der Waals surface area contributed by atoms with E-state index in [-0.39, 0.29) is 5.69 Å². The quantitative estimate of drug-likeness (QED) is 0.631. The molecule has 1 N–H and O–H groups in total. The highest BCUT2D eigenvalue weighted by Crippen LogP contribution is 2.26. The van der Waals surface area contributed by atoms with Crippen molar-refractivity contribution in [2.24, 2.45) is 0 Å². The van der Waals surface area contributed by atoms with Gasteiger partial charge in [0, 0.05) is 17.8 Å². The van der Waals surface area contributed by atoms with E-state index in [1.807, 2.05) is 0 Å². The van der Waals surface area contributed by atoms with Crippen LogP contribution in [0.4, 0.5) is 13.2 Å². The van der Waals surface area contributed by atoms with Crippen molar-refractivity contribution >= 4 is 10.1 Å². The van der Waals surface area contributed by atoms with E-state index in [1.165, 1.54) is 6.92 Å². The van der Waals surface area contributed by atoms with Crippen molar-refractivity contribution in [2.45, 2.75) is 12.4 Å². The molecule has 0 aliphatic carbocycles. The first-order valence-corrected chi connectivity index (χ1v) is 5.24. The second-order valence-corrected chi connectivity index (χ2v) is 4.38. The van der Waals surface area contributed by atoms with Gasteiger partial charge in [-0.1, -0.05) is 0 Å². The summed E-state index contributed by atoms with van der Waals surface area (Å²) in [6.07, 6.45) is 0. The summed E-state index contributed by atoms with van der Waals surface area (Å²) in [6, 6.07) is 1.57. The highest BCUT2D eigenvalue weighted by atomic mass is 32.2. The zero-order chi connectivity index (χ0) is 12.6. The molecule has 0 bridgehead atoms. The Bertz CT molecular complexity index is 545. The minimum Gasteiger partial charge on any atom is -0.376 e. The highest BCUT2D eigenvalue weighted by Gasteiger charge is 2.48. The van der Waals surface area contributed by atoms with Crippen molar-refractivity contribution in [3.63, 3.8) is 0 Å². The van der Waals surface area contributed by atoms with Gasteiger partial charge in [-0.2, -0.15) is 21.6 Å². The minimum absolute atomic E-state index is 0.180. The van der Waals surface area contributed by atoms with E-state index in [0.717, 1.165) is 6.07 Å². The fourth-order valence-electron chi connectivity index (χ4n) is 0.873. The molecule has 1 heterocycles. The van der Waals surface area contributed by atoms with Gasteiger partial charge in [0.1, 0.15) is 5.75 Å². The van der Waals surface area contributed by atoms with E-state index in [1.54, 1.807) is 0 Å². The van der Waals surface area contributed by atoms with Crippen molar-refractivity contribution in [1.29, 1.82) is 0 Å². The van der Waals surface area contributed by atoms with Crippen molar-refractivity contribution in [3.8, 4) is 5.75 Å². The molecule has 0 unspecified atom stereocenters. The molecule has 0 aromatic carbocycles. The molecule has 0 amide bonds. The van der Waals surface area contributed by atoms with Crippen LogP contribution in [-0.4, -0.2) is 18.9 Å². The third-order valence-electron chi connectivity index (χ3n) is 1.44. The molecule has 1 aromatic heterocycles.